The van der Waals surface area contributed by atoms with Crippen LogP contribution in [0.25, 0.3) is 11.0 Å². The molecule has 1 fully saturated rings. The van der Waals surface area contributed by atoms with Gasteiger partial charge >= 0.3 is 0 Å². The van der Waals surface area contributed by atoms with Crippen molar-refractivity contribution in [3.05, 3.63) is 24.0 Å². The van der Waals surface area contributed by atoms with E-state index in [9.17, 15) is 8.42 Å². The molecule has 2 heterocycles. The summed E-state index contributed by atoms with van der Waals surface area (Å²) in [5, 5.41) is 3.40. The SMILES string of the molecule is CC(C)C1(c2nc3c(S(C)(=O)=O)cccc3[nH]2)CCNC1. The summed E-state index contributed by atoms with van der Waals surface area (Å²) >= 11 is 0. The number of aromatic nitrogens is 2. The first-order valence-electron chi connectivity index (χ1n) is 7.24. The molecule has 2 N–H and O–H groups in total. The minimum atomic E-state index is -3.28. The normalized spacial score (nSPS) is 23.2. The molecule has 1 aliphatic rings. The van der Waals surface area contributed by atoms with Crippen LogP contribution in [0.3, 0.4) is 0 Å². The second-order valence-corrected chi connectivity index (χ2v) is 8.23. The number of rotatable bonds is 3. The summed E-state index contributed by atoms with van der Waals surface area (Å²) in [7, 11) is -3.28. The summed E-state index contributed by atoms with van der Waals surface area (Å²) in [5.41, 5.74) is 1.30. The first kappa shape index (κ1) is 14.5. The van der Waals surface area contributed by atoms with Crippen molar-refractivity contribution in [1.29, 1.82) is 0 Å². The van der Waals surface area contributed by atoms with E-state index in [1.165, 1.54) is 6.26 Å². The van der Waals surface area contributed by atoms with Crippen LogP contribution in [0, 0.1) is 5.92 Å². The number of hydrogen-bond donors (Lipinski definition) is 2. The molecule has 1 atom stereocenters. The molecular weight excluding hydrogens is 286 g/mol. The zero-order chi connectivity index (χ0) is 15.3. The molecule has 2 aromatic rings. The topological polar surface area (TPSA) is 74.8 Å². The van der Waals surface area contributed by atoms with E-state index in [1.54, 1.807) is 12.1 Å². The number of para-hydroxylation sites is 1. The smallest absolute Gasteiger partial charge is 0.177 e. The molecule has 0 amide bonds. The lowest BCUT2D eigenvalue weighted by Gasteiger charge is -2.30. The number of aromatic amines is 1. The maximum Gasteiger partial charge on any atom is 0.177 e. The van der Waals surface area contributed by atoms with Crippen molar-refractivity contribution in [2.45, 2.75) is 30.6 Å². The second kappa shape index (κ2) is 4.81. The molecule has 0 saturated carbocycles. The Bertz CT molecular complexity index is 771. The van der Waals surface area contributed by atoms with Gasteiger partial charge < -0.3 is 10.3 Å². The highest BCUT2D eigenvalue weighted by atomic mass is 32.2. The second-order valence-electron chi connectivity index (χ2n) is 6.25. The van der Waals surface area contributed by atoms with Crippen LogP contribution in [0.1, 0.15) is 26.1 Å². The van der Waals surface area contributed by atoms with Gasteiger partial charge in [-0.1, -0.05) is 19.9 Å². The van der Waals surface area contributed by atoms with Gasteiger partial charge in [0, 0.05) is 18.2 Å². The fraction of sp³-hybridized carbons (Fsp3) is 0.533. The van der Waals surface area contributed by atoms with E-state index in [4.69, 9.17) is 0 Å². The Balaban J connectivity index is 2.22. The zero-order valence-corrected chi connectivity index (χ0v) is 13.4. The third-order valence-corrected chi connectivity index (χ3v) is 5.77. The number of nitrogens with zero attached hydrogens (tertiary/aromatic N) is 1. The van der Waals surface area contributed by atoms with Gasteiger partial charge in [0.25, 0.3) is 0 Å². The molecule has 1 aromatic heterocycles. The number of nitrogens with one attached hydrogen (secondary N) is 2. The van der Waals surface area contributed by atoms with E-state index in [1.807, 2.05) is 6.07 Å². The van der Waals surface area contributed by atoms with Crippen molar-refractivity contribution in [3.8, 4) is 0 Å². The van der Waals surface area contributed by atoms with E-state index in [-0.39, 0.29) is 5.41 Å². The molecule has 6 heteroatoms. The van der Waals surface area contributed by atoms with Crippen LogP contribution in [0.5, 0.6) is 0 Å². The van der Waals surface area contributed by atoms with Crippen molar-refractivity contribution in [2.75, 3.05) is 19.3 Å². The average molecular weight is 307 g/mol. The molecule has 1 saturated heterocycles. The van der Waals surface area contributed by atoms with Crippen LogP contribution < -0.4 is 5.32 Å². The van der Waals surface area contributed by atoms with Gasteiger partial charge in [0.2, 0.25) is 0 Å². The molecule has 114 valence electrons. The number of imidazole rings is 1. The molecule has 1 aliphatic heterocycles. The minimum Gasteiger partial charge on any atom is -0.341 e. The van der Waals surface area contributed by atoms with E-state index in [0.717, 1.165) is 30.9 Å². The van der Waals surface area contributed by atoms with Gasteiger partial charge in [-0.15, -0.1) is 0 Å². The lowest BCUT2D eigenvalue weighted by atomic mass is 9.76. The summed E-state index contributed by atoms with van der Waals surface area (Å²) < 4.78 is 23.8. The third kappa shape index (κ3) is 2.26. The Morgan fingerprint density at radius 3 is 2.67 bits per heavy atom. The van der Waals surface area contributed by atoms with E-state index in [0.29, 0.717) is 16.3 Å². The molecule has 0 spiro atoms. The van der Waals surface area contributed by atoms with Gasteiger partial charge in [0.1, 0.15) is 11.3 Å². The summed E-state index contributed by atoms with van der Waals surface area (Å²) in [6.07, 6.45) is 2.24. The van der Waals surface area contributed by atoms with Crippen LogP contribution >= 0.6 is 0 Å². The van der Waals surface area contributed by atoms with E-state index < -0.39 is 9.84 Å². The first-order valence-corrected chi connectivity index (χ1v) is 9.14. The highest BCUT2D eigenvalue weighted by Gasteiger charge is 2.41. The number of benzene rings is 1. The predicted octanol–water partition coefficient (Wildman–Crippen LogP) is 1.85. The number of fused-ring (bicyclic) bond motifs is 1. The van der Waals surface area contributed by atoms with Crippen LogP contribution in [-0.4, -0.2) is 37.7 Å². The summed E-state index contributed by atoms with van der Waals surface area (Å²) in [4.78, 5) is 8.33. The highest BCUT2D eigenvalue weighted by Crippen LogP contribution is 2.37. The molecule has 3 rings (SSSR count). The number of sulfone groups is 1. The first-order chi connectivity index (χ1) is 9.84. The lowest BCUT2D eigenvalue weighted by molar-refractivity contribution is 0.320. The Hall–Kier alpha value is -1.40. The maximum atomic E-state index is 11.9. The van der Waals surface area contributed by atoms with Crippen molar-refractivity contribution in [2.24, 2.45) is 5.92 Å². The van der Waals surface area contributed by atoms with Crippen LogP contribution in [0.15, 0.2) is 23.1 Å². The minimum absolute atomic E-state index is 0.0478. The highest BCUT2D eigenvalue weighted by molar-refractivity contribution is 7.91. The van der Waals surface area contributed by atoms with E-state index in [2.05, 4.69) is 29.1 Å². The Kier molecular flexibility index (Phi) is 3.33. The van der Waals surface area contributed by atoms with Crippen molar-refractivity contribution < 1.29 is 8.42 Å². The predicted molar refractivity (Wildman–Crippen MR) is 83.2 cm³/mol. The molecule has 21 heavy (non-hydrogen) atoms. The molecule has 0 bridgehead atoms. The van der Waals surface area contributed by atoms with Gasteiger partial charge in [-0.25, -0.2) is 13.4 Å². The van der Waals surface area contributed by atoms with Crippen LogP contribution in [0.2, 0.25) is 0 Å². The quantitative estimate of drug-likeness (QED) is 0.907. The van der Waals surface area contributed by atoms with Gasteiger partial charge in [-0.05, 0) is 31.0 Å². The molecule has 1 unspecified atom stereocenters. The average Bonchev–Trinajstić information content (AvgIpc) is 3.04. The monoisotopic (exact) mass is 307 g/mol. The number of hydrogen-bond acceptors (Lipinski definition) is 4. The summed E-state index contributed by atoms with van der Waals surface area (Å²) in [5.74, 6) is 1.32. The fourth-order valence-electron chi connectivity index (χ4n) is 3.22. The Morgan fingerprint density at radius 1 is 1.33 bits per heavy atom. The molecule has 1 aromatic carbocycles. The molecule has 0 aliphatic carbocycles. The molecule has 0 radical (unpaired) electrons. The van der Waals surface area contributed by atoms with E-state index >= 15 is 0 Å². The molecule has 5 nitrogen and oxygen atoms in total. The van der Waals surface area contributed by atoms with Gasteiger partial charge in [0.15, 0.2) is 9.84 Å². The summed E-state index contributed by atoms with van der Waals surface area (Å²) in [6, 6.07) is 5.27. The Labute approximate surface area is 125 Å². The Morgan fingerprint density at radius 2 is 2.10 bits per heavy atom. The van der Waals surface area contributed by atoms with Gasteiger partial charge in [-0.2, -0.15) is 0 Å². The molecular formula is C15H21N3O2S. The lowest BCUT2D eigenvalue weighted by Crippen LogP contribution is -2.35. The fourth-order valence-corrected chi connectivity index (χ4v) is 4.05. The van der Waals surface area contributed by atoms with Gasteiger partial charge in [0.05, 0.1) is 10.4 Å². The largest absolute Gasteiger partial charge is 0.341 e. The maximum absolute atomic E-state index is 11.9. The van der Waals surface area contributed by atoms with Crippen LogP contribution in [0.4, 0.5) is 0 Å². The zero-order valence-electron chi connectivity index (χ0n) is 12.6. The summed E-state index contributed by atoms with van der Waals surface area (Å²) in [6.45, 7) is 6.22. The van der Waals surface area contributed by atoms with Crippen molar-refractivity contribution in [1.82, 2.24) is 15.3 Å². The third-order valence-electron chi connectivity index (χ3n) is 4.64. The van der Waals surface area contributed by atoms with Crippen molar-refractivity contribution in [3.63, 3.8) is 0 Å². The van der Waals surface area contributed by atoms with Crippen LogP contribution in [-0.2, 0) is 15.3 Å². The standard InChI is InChI=1S/C15H21N3O2S/c1-10(2)15(7-8-16-9-15)14-17-11-5-4-6-12(13(11)18-14)21(3,19)20/h4-6,10,16H,7-9H2,1-3H3,(H,17,18). The van der Waals surface area contributed by atoms with Gasteiger partial charge in [-0.3, -0.25) is 0 Å². The van der Waals surface area contributed by atoms with Crippen molar-refractivity contribution >= 4 is 20.9 Å². The number of H-pyrrole nitrogens is 1.